The van der Waals surface area contributed by atoms with Gasteiger partial charge in [-0.2, -0.15) is 0 Å². The monoisotopic (exact) mass is 666 g/mol. The van der Waals surface area contributed by atoms with E-state index in [9.17, 15) is 34.2 Å². The lowest BCUT2D eigenvalue weighted by atomic mass is 10.0. The summed E-state index contributed by atoms with van der Waals surface area (Å²) in [5, 5.41) is 27.1. The Morgan fingerprint density at radius 2 is 1.43 bits per heavy atom. The molecule has 0 aliphatic carbocycles. The third-order valence-corrected chi connectivity index (χ3v) is 9.01. The van der Waals surface area contributed by atoms with Gasteiger partial charge in [0, 0.05) is 36.5 Å². The van der Waals surface area contributed by atoms with E-state index < -0.39 is 60.3 Å². The summed E-state index contributed by atoms with van der Waals surface area (Å²) in [6.07, 6.45) is 2.80. The van der Waals surface area contributed by atoms with Crippen molar-refractivity contribution in [3.05, 3.63) is 102 Å². The molecule has 3 aromatic carbocycles. The second kappa shape index (κ2) is 14.6. The van der Waals surface area contributed by atoms with E-state index in [0.29, 0.717) is 24.0 Å². The van der Waals surface area contributed by atoms with Crippen molar-refractivity contribution in [3.63, 3.8) is 0 Å². The second-order valence-electron chi connectivity index (χ2n) is 12.4. The van der Waals surface area contributed by atoms with E-state index in [1.54, 1.807) is 42.6 Å². The number of aromatic amines is 1. The number of hydrogen-bond donors (Lipinski definition) is 6. The Bertz CT molecular complexity index is 1840. The molecule has 2 saturated heterocycles. The van der Waals surface area contributed by atoms with E-state index in [0.717, 1.165) is 21.5 Å². The Balaban J connectivity index is 1.41. The van der Waals surface area contributed by atoms with Crippen LogP contribution in [-0.4, -0.2) is 92.0 Å². The molecule has 4 amide bonds. The van der Waals surface area contributed by atoms with Crippen LogP contribution in [0.1, 0.15) is 29.5 Å². The molecule has 2 aliphatic rings. The number of aromatic nitrogens is 1. The van der Waals surface area contributed by atoms with Gasteiger partial charge in [-0.1, -0.05) is 60.7 Å². The minimum Gasteiger partial charge on any atom is -0.508 e. The highest BCUT2D eigenvalue weighted by atomic mass is 16.4. The Morgan fingerprint density at radius 3 is 2.18 bits per heavy atom. The van der Waals surface area contributed by atoms with Crippen LogP contribution >= 0.6 is 0 Å². The van der Waals surface area contributed by atoms with E-state index in [2.05, 4.69) is 21.0 Å². The highest BCUT2D eigenvalue weighted by Gasteiger charge is 2.41. The van der Waals surface area contributed by atoms with Gasteiger partial charge in [0.15, 0.2) is 0 Å². The first kappa shape index (κ1) is 33.2. The number of phenolic OH excluding ortho intramolecular Hbond substituents is 1. The number of phenols is 1. The van der Waals surface area contributed by atoms with E-state index >= 15 is 0 Å². The maximum atomic E-state index is 14.3. The number of amides is 4. The van der Waals surface area contributed by atoms with Gasteiger partial charge < -0.3 is 30.7 Å². The van der Waals surface area contributed by atoms with Gasteiger partial charge in [-0.3, -0.25) is 29.0 Å². The summed E-state index contributed by atoms with van der Waals surface area (Å²) in [5.41, 5.74) is 5.83. The second-order valence-corrected chi connectivity index (χ2v) is 12.4. The maximum Gasteiger partial charge on any atom is 0.324 e. The van der Waals surface area contributed by atoms with Crippen LogP contribution in [-0.2, 0) is 43.2 Å². The first-order valence-corrected chi connectivity index (χ1v) is 16.2. The number of nitrogens with zero attached hydrogens (tertiary/aromatic N) is 2. The summed E-state index contributed by atoms with van der Waals surface area (Å²) < 4.78 is 0. The largest absolute Gasteiger partial charge is 0.508 e. The number of aromatic hydroxyl groups is 1. The van der Waals surface area contributed by atoms with Gasteiger partial charge in [0.1, 0.15) is 36.5 Å². The van der Waals surface area contributed by atoms with Crippen molar-refractivity contribution in [2.75, 3.05) is 13.1 Å². The molecule has 3 heterocycles. The van der Waals surface area contributed by atoms with Crippen LogP contribution in [0.2, 0.25) is 0 Å². The Hall–Kier alpha value is -5.69. The summed E-state index contributed by atoms with van der Waals surface area (Å²) in [5.74, 6) is -3.70. The fraction of sp³-hybridized carbons (Fsp3) is 0.306. The van der Waals surface area contributed by atoms with Crippen molar-refractivity contribution in [1.82, 2.24) is 31.0 Å². The number of H-pyrrole nitrogens is 1. The lowest BCUT2D eigenvalue weighted by molar-refractivity contribution is -0.151. The van der Waals surface area contributed by atoms with Crippen LogP contribution in [0.25, 0.3) is 10.9 Å². The van der Waals surface area contributed by atoms with Gasteiger partial charge in [0.25, 0.3) is 5.91 Å². The Labute approximate surface area is 282 Å². The van der Waals surface area contributed by atoms with E-state index in [1.807, 2.05) is 30.3 Å². The quantitative estimate of drug-likeness (QED) is 0.164. The number of rotatable bonds is 8. The minimum absolute atomic E-state index is 0.0162. The van der Waals surface area contributed by atoms with Gasteiger partial charge in [-0.15, -0.1) is 0 Å². The van der Waals surface area contributed by atoms with Crippen molar-refractivity contribution in [1.29, 1.82) is 0 Å². The summed E-state index contributed by atoms with van der Waals surface area (Å²) in [7, 11) is 0. The highest BCUT2D eigenvalue weighted by Crippen LogP contribution is 2.23. The molecule has 2 aliphatic heterocycles. The SMILES string of the molecule is O=C(O)CN1N[C@@H](Cc2ccc(O)cc2)C(=O)N2CCC[C@H]2C(=O)N[C@H](Cc2c[nH]c3ccccc23)C(=O)N[C@H](Cc2ccccc2)C1=O. The fourth-order valence-electron chi connectivity index (χ4n) is 6.58. The van der Waals surface area contributed by atoms with E-state index in [1.165, 1.54) is 17.0 Å². The van der Waals surface area contributed by atoms with Gasteiger partial charge in [0.2, 0.25) is 17.7 Å². The molecule has 4 aromatic rings. The third kappa shape index (κ3) is 7.73. The number of aliphatic carboxylic acids is 1. The van der Waals surface area contributed by atoms with Crippen LogP contribution < -0.4 is 16.1 Å². The molecule has 2 fully saturated rings. The fourth-order valence-corrected chi connectivity index (χ4v) is 6.58. The first-order chi connectivity index (χ1) is 23.7. The van der Waals surface area contributed by atoms with Gasteiger partial charge in [-0.05, 0) is 54.2 Å². The van der Waals surface area contributed by atoms with Crippen LogP contribution in [0.4, 0.5) is 0 Å². The number of carbonyl (C=O) groups is 5. The standard InChI is InChI=1S/C36H38N6O7/c43-25-14-12-23(13-15-25)18-30-35(48)41-16-6-11-31(41)34(47)38-28(19-24-20-37-27-10-5-4-9-26(24)27)33(46)39-29(17-22-7-2-1-3-8-22)36(49)42(40-30)21-32(44)45/h1-5,7-10,12-15,20,28-31,37,40,43H,6,11,16-19,21H2,(H,38,47)(H,39,46)(H,44,45)/t28-,29-,30+,31+/m1/s1. The van der Waals surface area contributed by atoms with Gasteiger partial charge in [-0.25, -0.2) is 5.43 Å². The molecule has 49 heavy (non-hydrogen) atoms. The number of nitrogens with one attached hydrogen (secondary N) is 4. The highest BCUT2D eigenvalue weighted by molar-refractivity contribution is 5.97. The molecule has 1 aromatic heterocycles. The summed E-state index contributed by atoms with van der Waals surface area (Å²) in [6, 6.07) is 18.3. The zero-order chi connectivity index (χ0) is 34.5. The maximum absolute atomic E-state index is 14.3. The normalized spacial score (nSPS) is 22.1. The molecular formula is C36H38N6O7. The molecule has 254 valence electrons. The molecule has 0 unspecified atom stereocenters. The summed E-state index contributed by atoms with van der Waals surface area (Å²) in [6.45, 7) is -0.549. The number of carboxylic acids is 1. The smallest absolute Gasteiger partial charge is 0.324 e. The molecule has 6 N–H and O–H groups in total. The van der Waals surface area contributed by atoms with Crippen molar-refractivity contribution in [2.45, 2.75) is 56.3 Å². The molecule has 4 atom stereocenters. The van der Waals surface area contributed by atoms with Crippen LogP contribution in [0, 0.1) is 0 Å². The molecule has 6 rings (SSSR count). The zero-order valence-corrected chi connectivity index (χ0v) is 26.7. The molecular weight excluding hydrogens is 628 g/mol. The van der Waals surface area contributed by atoms with Crippen molar-refractivity contribution in [3.8, 4) is 5.75 Å². The number of hydrogen-bond acceptors (Lipinski definition) is 7. The number of benzene rings is 3. The molecule has 0 bridgehead atoms. The molecule has 0 spiro atoms. The number of carboxylic acid groups (broad SMARTS) is 1. The Kier molecular flexibility index (Phi) is 9.90. The lowest BCUT2D eigenvalue weighted by Gasteiger charge is -2.33. The van der Waals surface area contributed by atoms with E-state index in [-0.39, 0.29) is 31.6 Å². The average Bonchev–Trinajstić information content (AvgIpc) is 3.75. The van der Waals surface area contributed by atoms with Gasteiger partial charge >= 0.3 is 5.97 Å². The Morgan fingerprint density at radius 1 is 0.755 bits per heavy atom. The third-order valence-electron chi connectivity index (χ3n) is 9.01. The number of fused-ring (bicyclic) bond motifs is 2. The minimum atomic E-state index is -1.33. The first-order valence-electron chi connectivity index (χ1n) is 16.2. The summed E-state index contributed by atoms with van der Waals surface area (Å²) >= 11 is 0. The molecule has 13 heteroatoms. The number of hydrazine groups is 1. The number of para-hydroxylation sites is 1. The van der Waals surface area contributed by atoms with Crippen LogP contribution in [0.3, 0.4) is 0 Å². The topological polar surface area (TPSA) is 184 Å². The lowest BCUT2D eigenvalue weighted by Crippen LogP contribution is -2.61. The molecule has 0 saturated carbocycles. The summed E-state index contributed by atoms with van der Waals surface area (Å²) in [4.78, 5) is 73.4. The zero-order valence-electron chi connectivity index (χ0n) is 26.7. The molecule has 13 nitrogen and oxygen atoms in total. The van der Waals surface area contributed by atoms with Crippen molar-refractivity contribution < 1.29 is 34.2 Å². The van der Waals surface area contributed by atoms with Gasteiger partial charge in [0.05, 0.1) is 0 Å². The van der Waals surface area contributed by atoms with Crippen molar-refractivity contribution >= 4 is 40.5 Å². The van der Waals surface area contributed by atoms with E-state index in [4.69, 9.17) is 0 Å². The molecule has 0 radical (unpaired) electrons. The van der Waals surface area contributed by atoms with Crippen LogP contribution in [0.15, 0.2) is 85.1 Å². The van der Waals surface area contributed by atoms with Crippen molar-refractivity contribution in [2.24, 2.45) is 0 Å². The predicted molar refractivity (Wildman–Crippen MR) is 179 cm³/mol. The predicted octanol–water partition coefficient (Wildman–Crippen LogP) is 1.66. The van der Waals surface area contributed by atoms with Crippen LogP contribution in [0.5, 0.6) is 5.75 Å². The average molecular weight is 667 g/mol. The number of carbonyl (C=O) groups excluding carboxylic acids is 4.